The molecule has 1 aliphatic rings. The Labute approximate surface area is 202 Å². The van der Waals surface area contributed by atoms with E-state index in [1.54, 1.807) is 12.1 Å². The molecule has 2 amide bonds. The first-order chi connectivity index (χ1) is 16.6. The quantitative estimate of drug-likeness (QED) is 0.435. The van der Waals surface area contributed by atoms with Gasteiger partial charge in [-0.05, 0) is 56.5 Å². The molecule has 0 aliphatic carbocycles. The molecule has 0 spiro atoms. The zero-order chi connectivity index (χ0) is 25.6. The third-order valence-corrected chi connectivity index (χ3v) is 6.04. The summed E-state index contributed by atoms with van der Waals surface area (Å²) >= 11 is 0. The van der Waals surface area contributed by atoms with Crippen LogP contribution in [0.3, 0.4) is 0 Å². The Hall–Kier alpha value is -3.27. The molecule has 35 heavy (non-hydrogen) atoms. The van der Waals surface area contributed by atoms with E-state index in [2.05, 4.69) is 10.6 Å². The van der Waals surface area contributed by atoms with Crippen LogP contribution >= 0.6 is 0 Å². The summed E-state index contributed by atoms with van der Waals surface area (Å²) in [6.45, 7) is 5.55. The second-order valence-electron chi connectivity index (χ2n) is 8.54. The lowest BCUT2D eigenvalue weighted by Crippen LogP contribution is -2.40. The smallest absolute Gasteiger partial charge is 0.396 e. The number of amides is 2. The van der Waals surface area contributed by atoms with E-state index in [1.807, 2.05) is 30.9 Å². The zero-order valence-electron chi connectivity index (χ0n) is 19.7. The van der Waals surface area contributed by atoms with Crippen LogP contribution < -0.4 is 15.5 Å². The predicted octanol–water partition coefficient (Wildman–Crippen LogP) is 5.76. The van der Waals surface area contributed by atoms with Gasteiger partial charge in [-0.15, -0.1) is 0 Å². The van der Waals surface area contributed by atoms with Gasteiger partial charge in [-0.1, -0.05) is 23.8 Å². The predicted molar refractivity (Wildman–Crippen MR) is 128 cm³/mol. The number of carbonyl (C=O) groups excluding carboxylic acids is 1. The molecule has 1 fully saturated rings. The first kappa shape index (κ1) is 26.3. The van der Waals surface area contributed by atoms with Gasteiger partial charge in [0.05, 0.1) is 23.7 Å². The van der Waals surface area contributed by atoms with Gasteiger partial charge in [0, 0.05) is 31.5 Å². The van der Waals surface area contributed by atoms with Crippen LogP contribution in [-0.4, -0.2) is 49.1 Å². The summed E-state index contributed by atoms with van der Waals surface area (Å²) in [5, 5.41) is 14.4. The molecule has 0 aromatic heterocycles. The van der Waals surface area contributed by atoms with Crippen molar-refractivity contribution in [2.75, 3.05) is 35.3 Å². The number of carbonyl (C=O) groups is 2. The third-order valence-electron chi connectivity index (χ3n) is 6.04. The number of carboxylic acids is 1. The van der Waals surface area contributed by atoms with Crippen LogP contribution in [0.4, 0.5) is 35.0 Å². The minimum absolute atomic E-state index is 0.0951. The number of carboxylic acid groups (broad SMARTS) is 1. The number of nitrogens with zero attached hydrogens (tertiary/aromatic N) is 1. The summed E-state index contributed by atoms with van der Waals surface area (Å²) in [6.07, 6.45) is -4.37. The summed E-state index contributed by atoms with van der Waals surface area (Å²) in [6, 6.07) is 10.6. The number of nitrogens with one attached hydrogen (secondary N) is 2. The van der Waals surface area contributed by atoms with E-state index in [0.717, 1.165) is 18.4 Å². The van der Waals surface area contributed by atoms with Crippen molar-refractivity contribution in [2.45, 2.75) is 51.2 Å². The topological polar surface area (TPSA) is 90.9 Å². The van der Waals surface area contributed by atoms with Crippen molar-refractivity contribution in [2.24, 2.45) is 0 Å². The number of halogens is 3. The molecule has 3 rings (SSSR count). The number of aryl methyl sites for hydroxylation is 1. The highest BCUT2D eigenvalue weighted by molar-refractivity contribution is 6.02. The lowest BCUT2D eigenvalue weighted by Gasteiger charge is -2.36. The van der Waals surface area contributed by atoms with E-state index in [9.17, 15) is 22.8 Å². The number of hydrogen-bond acceptors (Lipinski definition) is 4. The Bertz CT molecular complexity index is 1020. The van der Waals surface area contributed by atoms with Crippen LogP contribution in [0.15, 0.2) is 42.5 Å². The molecule has 1 heterocycles. The SMILES string of the molecule is CCN(c1ccc(C(CC(=O)O)C(F)(F)F)cc1NC(=O)Nc1ccc(C)cc1)C1CCOCC1. The Morgan fingerprint density at radius 1 is 1.11 bits per heavy atom. The van der Waals surface area contributed by atoms with Gasteiger partial charge in [-0.25, -0.2) is 4.79 Å². The van der Waals surface area contributed by atoms with E-state index >= 15 is 0 Å². The third kappa shape index (κ3) is 7.11. The molecule has 1 atom stereocenters. The number of aliphatic carboxylic acids is 1. The molecule has 1 saturated heterocycles. The van der Waals surface area contributed by atoms with E-state index < -0.39 is 30.5 Å². The average molecular weight is 494 g/mol. The van der Waals surface area contributed by atoms with Gasteiger partial charge in [-0.3, -0.25) is 4.79 Å². The highest BCUT2D eigenvalue weighted by Crippen LogP contribution is 2.41. The second-order valence-corrected chi connectivity index (χ2v) is 8.54. The van der Waals surface area contributed by atoms with E-state index in [-0.39, 0.29) is 17.3 Å². The number of benzene rings is 2. The monoisotopic (exact) mass is 493 g/mol. The summed E-state index contributed by atoms with van der Waals surface area (Å²) < 4.78 is 46.6. The first-order valence-electron chi connectivity index (χ1n) is 11.5. The van der Waals surface area contributed by atoms with Crippen molar-refractivity contribution < 1.29 is 32.6 Å². The minimum Gasteiger partial charge on any atom is -0.481 e. The van der Waals surface area contributed by atoms with Crippen molar-refractivity contribution in [1.29, 1.82) is 0 Å². The zero-order valence-corrected chi connectivity index (χ0v) is 19.7. The van der Waals surface area contributed by atoms with E-state index in [1.165, 1.54) is 18.2 Å². The van der Waals surface area contributed by atoms with Crippen LogP contribution in [0.5, 0.6) is 0 Å². The van der Waals surface area contributed by atoms with Crippen molar-refractivity contribution >= 4 is 29.1 Å². The first-order valence-corrected chi connectivity index (χ1v) is 11.5. The maximum Gasteiger partial charge on any atom is 0.396 e. The van der Waals surface area contributed by atoms with Crippen LogP contribution in [0.1, 0.15) is 43.2 Å². The molecule has 1 unspecified atom stereocenters. The normalized spacial score (nSPS) is 15.3. The fourth-order valence-corrected chi connectivity index (χ4v) is 4.26. The van der Waals surface area contributed by atoms with Gasteiger partial charge < -0.3 is 25.4 Å². The highest BCUT2D eigenvalue weighted by atomic mass is 19.4. The molecule has 2 aromatic rings. The molecule has 0 bridgehead atoms. The van der Waals surface area contributed by atoms with Crippen molar-refractivity contribution in [1.82, 2.24) is 0 Å². The Morgan fingerprint density at radius 3 is 2.34 bits per heavy atom. The summed E-state index contributed by atoms with van der Waals surface area (Å²) in [5.74, 6) is -3.76. The minimum atomic E-state index is -4.76. The number of ether oxygens (including phenoxy) is 1. The molecule has 2 aromatic carbocycles. The number of urea groups is 1. The molecule has 3 N–H and O–H groups in total. The molecule has 10 heteroatoms. The largest absolute Gasteiger partial charge is 0.481 e. The van der Waals surface area contributed by atoms with Crippen molar-refractivity contribution in [3.05, 3.63) is 53.6 Å². The van der Waals surface area contributed by atoms with Gasteiger partial charge in [0.25, 0.3) is 0 Å². The number of rotatable bonds is 8. The second kappa shape index (κ2) is 11.4. The molecule has 7 nitrogen and oxygen atoms in total. The fraction of sp³-hybridized carbons (Fsp3) is 0.440. The summed E-state index contributed by atoms with van der Waals surface area (Å²) in [5.41, 5.74) is 2.06. The van der Waals surface area contributed by atoms with Gasteiger partial charge in [-0.2, -0.15) is 13.2 Å². The van der Waals surface area contributed by atoms with Crippen LogP contribution in [-0.2, 0) is 9.53 Å². The van der Waals surface area contributed by atoms with Crippen molar-refractivity contribution in [3.8, 4) is 0 Å². The summed E-state index contributed by atoms with van der Waals surface area (Å²) in [4.78, 5) is 26.0. The van der Waals surface area contributed by atoms with E-state index in [0.29, 0.717) is 31.1 Å². The fourth-order valence-electron chi connectivity index (χ4n) is 4.26. The van der Waals surface area contributed by atoms with Crippen LogP contribution in [0.2, 0.25) is 0 Å². The molecule has 0 saturated carbocycles. The number of hydrogen-bond donors (Lipinski definition) is 3. The lowest BCUT2D eigenvalue weighted by atomic mass is 9.93. The Morgan fingerprint density at radius 2 is 1.77 bits per heavy atom. The van der Waals surface area contributed by atoms with Gasteiger partial charge in [0.1, 0.15) is 0 Å². The molecular formula is C25H30F3N3O4. The van der Waals surface area contributed by atoms with Gasteiger partial charge in [0.15, 0.2) is 0 Å². The molecular weight excluding hydrogens is 463 g/mol. The molecule has 190 valence electrons. The maximum atomic E-state index is 13.7. The van der Waals surface area contributed by atoms with Crippen LogP contribution in [0.25, 0.3) is 0 Å². The van der Waals surface area contributed by atoms with Gasteiger partial charge >= 0.3 is 18.2 Å². The number of anilines is 3. The standard InChI is InChI=1S/C25H30F3N3O4/c1-3-31(19-10-12-35-13-11-19)22-9-6-17(20(15-23(32)33)25(26,27)28)14-21(22)30-24(34)29-18-7-4-16(2)5-8-18/h4-9,14,19-20H,3,10-13,15H2,1-2H3,(H,32,33)(H2,29,30,34). The van der Waals surface area contributed by atoms with Gasteiger partial charge in [0.2, 0.25) is 0 Å². The number of alkyl halides is 3. The maximum absolute atomic E-state index is 13.7. The summed E-state index contributed by atoms with van der Waals surface area (Å²) in [7, 11) is 0. The molecule has 0 radical (unpaired) electrons. The lowest BCUT2D eigenvalue weighted by molar-refractivity contribution is -0.163. The van der Waals surface area contributed by atoms with E-state index in [4.69, 9.17) is 9.84 Å². The molecule has 1 aliphatic heterocycles. The van der Waals surface area contributed by atoms with Crippen molar-refractivity contribution in [3.63, 3.8) is 0 Å². The van der Waals surface area contributed by atoms with Crippen LogP contribution in [0, 0.1) is 6.92 Å². The Balaban J connectivity index is 1.97. The average Bonchev–Trinajstić information content (AvgIpc) is 2.80. The highest BCUT2D eigenvalue weighted by Gasteiger charge is 2.42. The Kier molecular flexibility index (Phi) is 8.61.